The zero-order chi connectivity index (χ0) is 15.3. The summed E-state index contributed by atoms with van der Waals surface area (Å²) in [6, 6.07) is 3.49. The molecule has 0 radical (unpaired) electrons. The lowest BCUT2D eigenvalue weighted by Crippen LogP contribution is -2.30. The topological polar surface area (TPSA) is 80.0 Å². The molecule has 5 heteroatoms. The first-order valence-electron chi connectivity index (χ1n) is 7.12. The maximum absolute atomic E-state index is 12.2. The van der Waals surface area contributed by atoms with Crippen LogP contribution in [0.4, 0.5) is 5.82 Å². The smallest absolute Gasteiger partial charge is 0.251 e. The van der Waals surface area contributed by atoms with Crippen LogP contribution in [0.2, 0.25) is 0 Å². The lowest BCUT2D eigenvalue weighted by molar-refractivity contribution is 0.0944. The van der Waals surface area contributed by atoms with Gasteiger partial charge in [-0.25, -0.2) is 10.8 Å². The van der Waals surface area contributed by atoms with Crippen molar-refractivity contribution < 1.29 is 4.79 Å². The quantitative estimate of drug-likeness (QED) is 0.552. The minimum absolute atomic E-state index is 0.0849. The van der Waals surface area contributed by atoms with Crippen LogP contribution in [0.1, 0.15) is 56.6 Å². The zero-order valence-electron chi connectivity index (χ0n) is 13.0. The van der Waals surface area contributed by atoms with Gasteiger partial charge in [0.05, 0.1) is 0 Å². The molecule has 0 bridgehead atoms. The molecule has 0 aliphatic heterocycles. The normalized spacial score (nSPS) is 12.6. The molecule has 4 N–H and O–H groups in total. The third-order valence-electron chi connectivity index (χ3n) is 3.57. The van der Waals surface area contributed by atoms with Crippen molar-refractivity contribution in [1.29, 1.82) is 0 Å². The highest BCUT2D eigenvalue weighted by atomic mass is 16.1. The van der Waals surface area contributed by atoms with Crippen LogP contribution in [-0.4, -0.2) is 17.4 Å². The number of hydrogen-bond donors (Lipinski definition) is 3. The van der Waals surface area contributed by atoms with Gasteiger partial charge in [0.15, 0.2) is 0 Å². The Morgan fingerprint density at radius 3 is 2.40 bits per heavy atom. The molecule has 1 heterocycles. The molecule has 1 unspecified atom stereocenters. The van der Waals surface area contributed by atoms with Crippen molar-refractivity contribution >= 4 is 11.7 Å². The van der Waals surface area contributed by atoms with Crippen molar-refractivity contribution in [2.45, 2.75) is 40.5 Å². The van der Waals surface area contributed by atoms with Gasteiger partial charge in [0, 0.05) is 17.8 Å². The van der Waals surface area contributed by atoms with Crippen molar-refractivity contribution in [3.05, 3.63) is 23.4 Å². The zero-order valence-corrected chi connectivity index (χ0v) is 13.0. The number of anilines is 1. The van der Waals surface area contributed by atoms with E-state index >= 15 is 0 Å². The second-order valence-electron chi connectivity index (χ2n) is 5.90. The highest BCUT2D eigenvalue weighted by Gasteiger charge is 2.13. The molecule has 112 valence electrons. The largest absolute Gasteiger partial charge is 0.352 e. The first kappa shape index (κ1) is 16.4. The van der Waals surface area contributed by atoms with Crippen molar-refractivity contribution in [3.8, 4) is 0 Å². The van der Waals surface area contributed by atoms with E-state index in [1.54, 1.807) is 6.07 Å². The fourth-order valence-corrected chi connectivity index (χ4v) is 1.64. The number of nitrogen functional groups attached to an aromatic ring is 1. The van der Waals surface area contributed by atoms with Crippen LogP contribution in [0.5, 0.6) is 0 Å². The molecule has 0 spiro atoms. The monoisotopic (exact) mass is 278 g/mol. The van der Waals surface area contributed by atoms with Gasteiger partial charge in [0.25, 0.3) is 5.91 Å². The summed E-state index contributed by atoms with van der Waals surface area (Å²) < 4.78 is 0. The van der Waals surface area contributed by atoms with E-state index in [0.717, 1.165) is 5.69 Å². The number of rotatable bonds is 6. The van der Waals surface area contributed by atoms with Crippen LogP contribution in [0.3, 0.4) is 0 Å². The van der Waals surface area contributed by atoms with Gasteiger partial charge >= 0.3 is 0 Å². The Morgan fingerprint density at radius 2 is 1.90 bits per heavy atom. The maximum Gasteiger partial charge on any atom is 0.251 e. The maximum atomic E-state index is 12.2. The minimum Gasteiger partial charge on any atom is -0.352 e. The Kier molecular flexibility index (Phi) is 5.95. The van der Waals surface area contributed by atoms with E-state index in [1.165, 1.54) is 0 Å². The molecular weight excluding hydrogens is 252 g/mol. The standard InChI is InChI=1S/C15H26N4O/c1-9(2)11(5)8-17-15(20)12-6-13(10(3)4)18-14(7-12)19-16/h6-7,9-11H,8,16H2,1-5H3,(H,17,20)(H,18,19). The molecule has 20 heavy (non-hydrogen) atoms. The Hall–Kier alpha value is -1.62. The average Bonchev–Trinajstić information content (AvgIpc) is 2.43. The predicted octanol–water partition coefficient (Wildman–Crippen LogP) is 2.51. The number of amides is 1. The highest BCUT2D eigenvalue weighted by Crippen LogP contribution is 2.17. The van der Waals surface area contributed by atoms with Gasteiger partial charge in [-0.2, -0.15) is 0 Å². The molecule has 0 saturated heterocycles. The van der Waals surface area contributed by atoms with E-state index in [9.17, 15) is 4.79 Å². The van der Waals surface area contributed by atoms with Gasteiger partial charge in [-0.1, -0.05) is 34.6 Å². The van der Waals surface area contributed by atoms with E-state index < -0.39 is 0 Å². The van der Waals surface area contributed by atoms with Crippen molar-refractivity contribution in [1.82, 2.24) is 10.3 Å². The minimum atomic E-state index is -0.0849. The number of nitrogens with one attached hydrogen (secondary N) is 2. The number of aromatic nitrogens is 1. The van der Waals surface area contributed by atoms with Crippen LogP contribution in [-0.2, 0) is 0 Å². The van der Waals surface area contributed by atoms with Gasteiger partial charge in [-0.3, -0.25) is 4.79 Å². The van der Waals surface area contributed by atoms with Crippen molar-refractivity contribution in [2.24, 2.45) is 17.7 Å². The molecule has 0 aromatic carbocycles. The van der Waals surface area contributed by atoms with Gasteiger partial charge < -0.3 is 10.7 Å². The summed E-state index contributed by atoms with van der Waals surface area (Å²) in [6.45, 7) is 11.2. The number of carbonyl (C=O) groups is 1. The Balaban J connectivity index is 2.84. The van der Waals surface area contributed by atoms with Crippen LogP contribution in [0.15, 0.2) is 12.1 Å². The van der Waals surface area contributed by atoms with Crippen LogP contribution >= 0.6 is 0 Å². The highest BCUT2D eigenvalue weighted by molar-refractivity contribution is 5.95. The molecule has 0 saturated carbocycles. The number of hydrogen-bond acceptors (Lipinski definition) is 4. The SMILES string of the molecule is CC(C)c1cc(C(=O)NCC(C)C(C)C)cc(NN)n1. The molecule has 5 nitrogen and oxygen atoms in total. The summed E-state index contributed by atoms with van der Waals surface area (Å²) in [5, 5.41) is 2.96. The van der Waals surface area contributed by atoms with E-state index in [-0.39, 0.29) is 11.8 Å². The molecule has 0 fully saturated rings. The average molecular weight is 278 g/mol. The summed E-state index contributed by atoms with van der Waals surface area (Å²) in [7, 11) is 0. The molecule has 1 atom stereocenters. The van der Waals surface area contributed by atoms with Crippen molar-refractivity contribution in [2.75, 3.05) is 12.0 Å². The summed E-state index contributed by atoms with van der Waals surface area (Å²) in [5.41, 5.74) is 3.95. The second-order valence-corrected chi connectivity index (χ2v) is 5.90. The van der Waals surface area contributed by atoms with Gasteiger partial charge in [-0.05, 0) is 29.9 Å². The third kappa shape index (κ3) is 4.49. The first-order valence-corrected chi connectivity index (χ1v) is 7.12. The summed E-state index contributed by atoms with van der Waals surface area (Å²) in [5.74, 6) is 7.06. The summed E-state index contributed by atoms with van der Waals surface area (Å²) in [4.78, 5) is 16.5. The Labute approximate surface area is 121 Å². The van der Waals surface area contributed by atoms with Crippen LogP contribution < -0.4 is 16.6 Å². The van der Waals surface area contributed by atoms with E-state index in [0.29, 0.717) is 29.8 Å². The second kappa shape index (κ2) is 7.24. The molecule has 1 aromatic rings. The summed E-state index contributed by atoms with van der Waals surface area (Å²) >= 11 is 0. The van der Waals surface area contributed by atoms with Crippen LogP contribution in [0.25, 0.3) is 0 Å². The number of nitrogens with two attached hydrogens (primary N) is 1. The lowest BCUT2D eigenvalue weighted by Gasteiger charge is -2.16. The fraction of sp³-hybridized carbons (Fsp3) is 0.600. The lowest BCUT2D eigenvalue weighted by atomic mass is 9.98. The number of hydrazine groups is 1. The molecule has 1 rings (SSSR count). The van der Waals surface area contributed by atoms with Crippen molar-refractivity contribution in [3.63, 3.8) is 0 Å². The van der Waals surface area contributed by atoms with Gasteiger partial charge in [-0.15, -0.1) is 0 Å². The summed E-state index contributed by atoms with van der Waals surface area (Å²) in [6.07, 6.45) is 0. The fourth-order valence-electron chi connectivity index (χ4n) is 1.64. The number of pyridine rings is 1. The van der Waals surface area contributed by atoms with Crippen LogP contribution in [0, 0.1) is 11.8 Å². The molecule has 0 aliphatic rings. The van der Waals surface area contributed by atoms with Gasteiger partial charge in [0.1, 0.15) is 5.82 Å². The molecular formula is C15H26N4O. The molecule has 1 aromatic heterocycles. The van der Waals surface area contributed by atoms with E-state index in [2.05, 4.69) is 36.5 Å². The molecule has 1 amide bonds. The first-order chi connectivity index (χ1) is 9.35. The Morgan fingerprint density at radius 1 is 1.25 bits per heavy atom. The predicted molar refractivity (Wildman–Crippen MR) is 82.5 cm³/mol. The number of carbonyl (C=O) groups excluding carboxylic acids is 1. The third-order valence-corrected chi connectivity index (χ3v) is 3.57. The van der Waals surface area contributed by atoms with Gasteiger partial charge in [0.2, 0.25) is 0 Å². The Bertz CT molecular complexity index is 457. The number of nitrogens with zero attached hydrogens (tertiary/aromatic N) is 1. The molecule has 0 aliphatic carbocycles. The van der Waals surface area contributed by atoms with E-state index in [4.69, 9.17) is 5.84 Å². The van der Waals surface area contributed by atoms with E-state index in [1.807, 2.05) is 19.9 Å².